The summed E-state index contributed by atoms with van der Waals surface area (Å²) in [5, 5.41) is 7.24. The lowest BCUT2D eigenvalue weighted by molar-refractivity contribution is 0.671. The second-order valence-electron chi connectivity index (χ2n) is 14.3. The topological polar surface area (TPSA) is 44.9 Å². The number of fused-ring (bicyclic) bond motifs is 8. The van der Waals surface area contributed by atoms with Gasteiger partial charge in [0.15, 0.2) is 0 Å². The Balaban J connectivity index is 1.17. The lowest BCUT2D eigenvalue weighted by atomic mass is 9.98. The molecule has 0 saturated carbocycles. The molecule has 0 saturated heterocycles. The monoisotopic (exact) mass is 717 g/mol. The third kappa shape index (κ3) is 5.24. The van der Waals surface area contributed by atoms with Crippen molar-refractivity contribution in [1.82, 2.24) is 9.88 Å². The van der Waals surface area contributed by atoms with Crippen molar-refractivity contribution in [2.75, 3.05) is 4.90 Å². The first-order valence-corrected chi connectivity index (χ1v) is 19.0. The van der Waals surface area contributed by atoms with Gasteiger partial charge in [-0.3, -0.25) is 4.90 Å². The number of hydrogen-bond acceptors (Lipinski definition) is 4. The third-order valence-electron chi connectivity index (χ3n) is 11.0. The molecule has 1 unspecified atom stereocenters. The van der Waals surface area contributed by atoms with E-state index in [9.17, 15) is 0 Å². The highest BCUT2D eigenvalue weighted by Crippen LogP contribution is 2.52. The van der Waals surface area contributed by atoms with Gasteiger partial charge in [-0.25, -0.2) is 4.99 Å². The predicted octanol–water partition coefficient (Wildman–Crippen LogP) is 12.3. The molecule has 11 rings (SSSR count). The summed E-state index contributed by atoms with van der Waals surface area (Å²) in [6.45, 7) is 0. The van der Waals surface area contributed by atoms with E-state index in [1.54, 1.807) is 0 Å². The zero-order valence-corrected chi connectivity index (χ0v) is 30.4. The maximum atomic E-state index is 5.43. The second kappa shape index (κ2) is 13.1. The number of hydrogen-bond donors (Lipinski definition) is 1. The molecule has 0 aliphatic carbocycles. The molecule has 0 radical (unpaired) electrons. The summed E-state index contributed by atoms with van der Waals surface area (Å²) >= 11 is 0. The number of amidine groups is 1. The van der Waals surface area contributed by atoms with Gasteiger partial charge in [0.2, 0.25) is 5.96 Å². The van der Waals surface area contributed by atoms with Crippen molar-refractivity contribution in [3.8, 4) is 39.2 Å². The quantitative estimate of drug-likeness (QED) is 0.197. The van der Waals surface area contributed by atoms with E-state index in [1.165, 1.54) is 27.5 Å². The van der Waals surface area contributed by atoms with Crippen molar-refractivity contribution in [3.05, 3.63) is 211 Å². The van der Waals surface area contributed by atoms with Crippen LogP contribution in [0.5, 0.6) is 0 Å². The number of nitrogens with one attached hydrogen (secondary N) is 1. The first-order chi connectivity index (χ1) is 27.8. The van der Waals surface area contributed by atoms with Gasteiger partial charge in [-0.05, 0) is 63.9 Å². The second-order valence-corrected chi connectivity index (χ2v) is 14.3. The first kappa shape index (κ1) is 32.0. The first-order valence-electron chi connectivity index (χ1n) is 19.0. The van der Waals surface area contributed by atoms with Crippen molar-refractivity contribution >= 4 is 44.8 Å². The van der Waals surface area contributed by atoms with Gasteiger partial charge in [0.25, 0.3) is 0 Å². The van der Waals surface area contributed by atoms with Crippen molar-refractivity contribution in [2.45, 2.75) is 6.17 Å². The summed E-state index contributed by atoms with van der Waals surface area (Å²) in [7, 11) is 0. The molecular formula is C51H35N5. The van der Waals surface area contributed by atoms with Crippen LogP contribution in [0, 0.1) is 0 Å². The van der Waals surface area contributed by atoms with Crippen LogP contribution in [0.2, 0.25) is 0 Å². The van der Waals surface area contributed by atoms with E-state index in [-0.39, 0.29) is 6.17 Å². The van der Waals surface area contributed by atoms with Gasteiger partial charge in [-0.2, -0.15) is 4.99 Å². The number of para-hydroxylation sites is 3. The van der Waals surface area contributed by atoms with Crippen LogP contribution < -0.4 is 10.2 Å². The highest BCUT2D eigenvalue weighted by Gasteiger charge is 2.34. The van der Waals surface area contributed by atoms with Crippen LogP contribution in [0.25, 0.3) is 60.9 Å². The lowest BCUT2D eigenvalue weighted by Gasteiger charge is -2.31. The van der Waals surface area contributed by atoms with E-state index < -0.39 is 0 Å². The van der Waals surface area contributed by atoms with Gasteiger partial charge in [0, 0.05) is 33.3 Å². The molecule has 2 aliphatic rings. The molecule has 0 bridgehead atoms. The molecule has 1 N–H and O–H groups in total. The fourth-order valence-electron chi connectivity index (χ4n) is 8.41. The van der Waals surface area contributed by atoms with Crippen molar-refractivity contribution in [2.24, 2.45) is 9.98 Å². The number of benzene rings is 8. The average molecular weight is 718 g/mol. The zero-order valence-electron chi connectivity index (χ0n) is 30.4. The SMILES string of the molecule is c1ccc(-c2cccc(-n3c4c(c5ccccc53)-c3ccccc3N(C3=NC(c5ccccc5)NC(c5ccc6ccccc6c5)=N3)c3ccccc3-4)c2)cc1. The van der Waals surface area contributed by atoms with Gasteiger partial charge in [0.05, 0.1) is 22.6 Å². The molecule has 3 heterocycles. The van der Waals surface area contributed by atoms with Crippen LogP contribution in [0.1, 0.15) is 17.3 Å². The molecule has 9 aromatic rings. The van der Waals surface area contributed by atoms with E-state index in [0.717, 1.165) is 61.7 Å². The summed E-state index contributed by atoms with van der Waals surface area (Å²) < 4.78 is 2.44. The highest BCUT2D eigenvalue weighted by molar-refractivity contribution is 6.20. The molecule has 1 aromatic heterocycles. The van der Waals surface area contributed by atoms with Gasteiger partial charge < -0.3 is 9.88 Å². The smallest absolute Gasteiger partial charge is 0.234 e. The van der Waals surface area contributed by atoms with E-state index >= 15 is 0 Å². The van der Waals surface area contributed by atoms with Gasteiger partial charge in [-0.15, -0.1) is 0 Å². The van der Waals surface area contributed by atoms with Crippen molar-refractivity contribution in [1.29, 1.82) is 0 Å². The van der Waals surface area contributed by atoms with E-state index in [0.29, 0.717) is 5.96 Å². The van der Waals surface area contributed by atoms with Crippen LogP contribution in [-0.4, -0.2) is 16.4 Å². The van der Waals surface area contributed by atoms with Crippen LogP contribution in [0.3, 0.4) is 0 Å². The van der Waals surface area contributed by atoms with Crippen molar-refractivity contribution < 1.29 is 0 Å². The minimum atomic E-state index is -0.356. The maximum Gasteiger partial charge on any atom is 0.234 e. The standard InChI is InChI=1S/C51H35N5/c1-3-16-34(17-4-1)38-22-15-23-40(33-38)55-44-27-12-9-24-41(44)47-42-25-10-13-28-45(42)56(46-29-14-11-26-43(46)48(47)55)51-53-49(36-19-5-2-6-20-36)52-50(54-51)39-31-30-35-18-7-8-21-37(35)32-39/h1-33,49H,(H,52,53,54). The Labute approximate surface area is 325 Å². The summed E-state index contributed by atoms with van der Waals surface area (Å²) in [6.07, 6.45) is -0.356. The lowest BCUT2D eigenvalue weighted by Crippen LogP contribution is -2.38. The number of rotatable bonds is 4. The zero-order chi connectivity index (χ0) is 37.0. The van der Waals surface area contributed by atoms with Crippen LogP contribution in [-0.2, 0) is 0 Å². The van der Waals surface area contributed by atoms with E-state index in [2.05, 4.69) is 209 Å². The predicted molar refractivity (Wildman–Crippen MR) is 232 cm³/mol. The Morgan fingerprint density at radius 3 is 1.98 bits per heavy atom. The number of anilines is 2. The van der Waals surface area contributed by atoms with Gasteiger partial charge in [-0.1, -0.05) is 164 Å². The summed E-state index contributed by atoms with van der Waals surface area (Å²) in [4.78, 5) is 13.1. The van der Waals surface area contributed by atoms with E-state index in [4.69, 9.17) is 9.98 Å². The molecule has 56 heavy (non-hydrogen) atoms. The Kier molecular flexibility index (Phi) is 7.49. The fraction of sp³-hybridized carbons (Fsp3) is 0.0196. The largest absolute Gasteiger partial charge is 0.344 e. The summed E-state index contributed by atoms with van der Waals surface area (Å²) in [5.74, 6) is 1.40. The molecule has 0 fully saturated rings. The van der Waals surface area contributed by atoms with Gasteiger partial charge in [0.1, 0.15) is 12.0 Å². The molecule has 8 aromatic carbocycles. The Morgan fingerprint density at radius 2 is 1.14 bits per heavy atom. The van der Waals surface area contributed by atoms with E-state index in [1.807, 2.05) is 6.07 Å². The molecule has 1 atom stereocenters. The Hall–Kier alpha value is -7.50. The molecule has 5 heteroatoms. The number of guanidine groups is 1. The van der Waals surface area contributed by atoms with Gasteiger partial charge >= 0.3 is 0 Å². The Morgan fingerprint density at radius 1 is 0.482 bits per heavy atom. The molecule has 5 nitrogen and oxygen atoms in total. The summed E-state index contributed by atoms with van der Waals surface area (Å²) in [5.41, 5.74) is 13.2. The molecule has 0 spiro atoms. The average Bonchev–Trinajstić information content (AvgIpc) is 3.56. The minimum Gasteiger partial charge on any atom is -0.344 e. The normalized spacial score (nSPS) is 14.6. The molecule has 2 aliphatic heterocycles. The third-order valence-corrected chi connectivity index (χ3v) is 11.0. The van der Waals surface area contributed by atoms with Crippen LogP contribution in [0.15, 0.2) is 210 Å². The molecule has 264 valence electrons. The fourth-order valence-corrected chi connectivity index (χ4v) is 8.41. The van der Waals surface area contributed by atoms with Crippen LogP contribution >= 0.6 is 0 Å². The molecular weight excluding hydrogens is 683 g/mol. The van der Waals surface area contributed by atoms with Crippen LogP contribution in [0.4, 0.5) is 11.4 Å². The minimum absolute atomic E-state index is 0.356. The highest BCUT2D eigenvalue weighted by atomic mass is 15.3. The number of aromatic nitrogens is 1. The Bertz CT molecular complexity index is 3010. The maximum absolute atomic E-state index is 5.43. The number of aliphatic imine (C=N–C) groups is 2. The number of nitrogens with zero attached hydrogens (tertiary/aromatic N) is 4. The van der Waals surface area contributed by atoms with Crippen molar-refractivity contribution in [3.63, 3.8) is 0 Å². The molecule has 0 amide bonds. The summed E-state index contributed by atoms with van der Waals surface area (Å²) in [6, 6.07) is 71.1.